The summed E-state index contributed by atoms with van der Waals surface area (Å²) < 4.78 is 1.39. The Morgan fingerprint density at radius 2 is 2.15 bits per heavy atom. The van der Waals surface area contributed by atoms with E-state index in [2.05, 4.69) is 0 Å². The highest BCUT2D eigenvalue weighted by Gasteiger charge is 2.29. The summed E-state index contributed by atoms with van der Waals surface area (Å²) in [6, 6.07) is 2.61. The number of rotatable bonds is 3. The molecule has 2 rings (SSSR count). The molecule has 0 bridgehead atoms. The minimum Gasteiger partial charge on any atom is -0.481 e. The maximum atomic E-state index is 12.4. The van der Waals surface area contributed by atoms with Gasteiger partial charge < -0.3 is 14.6 Å². The quantitative estimate of drug-likeness (QED) is 0.889. The zero-order valence-electron chi connectivity index (χ0n) is 11.4. The fraction of sp³-hybridized carbons (Fsp3) is 0.500. The summed E-state index contributed by atoms with van der Waals surface area (Å²) in [5, 5.41) is 8.93. The summed E-state index contributed by atoms with van der Waals surface area (Å²) in [6.07, 6.45) is 4.00. The summed E-state index contributed by atoms with van der Waals surface area (Å²) in [4.78, 5) is 36.5. The van der Waals surface area contributed by atoms with Gasteiger partial charge in [-0.3, -0.25) is 14.4 Å². The van der Waals surface area contributed by atoms with Gasteiger partial charge in [-0.15, -0.1) is 0 Å². The molecule has 1 unspecified atom stereocenters. The summed E-state index contributed by atoms with van der Waals surface area (Å²) in [6.45, 7) is 0.548. The van der Waals surface area contributed by atoms with Gasteiger partial charge in [0, 0.05) is 37.5 Å². The van der Waals surface area contributed by atoms with Crippen LogP contribution in [-0.2, 0) is 11.8 Å². The minimum atomic E-state index is -0.904. The van der Waals surface area contributed by atoms with E-state index in [0.29, 0.717) is 18.5 Å². The van der Waals surface area contributed by atoms with Crippen molar-refractivity contribution >= 4 is 11.9 Å². The molecule has 0 saturated carbocycles. The van der Waals surface area contributed by atoms with Gasteiger partial charge >= 0.3 is 5.97 Å². The predicted molar refractivity (Wildman–Crippen MR) is 72.6 cm³/mol. The number of likely N-dealkylation sites (tertiary alicyclic amines) is 1. The van der Waals surface area contributed by atoms with E-state index in [4.69, 9.17) is 5.11 Å². The van der Waals surface area contributed by atoms with Crippen LogP contribution in [0.5, 0.6) is 0 Å². The lowest BCUT2D eigenvalue weighted by Crippen LogP contribution is -2.45. The first-order chi connectivity index (χ1) is 9.49. The monoisotopic (exact) mass is 278 g/mol. The minimum absolute atomic E-state index is 0.0451. The fourth-order valence-corrected chi connectivity index (χ4v) is 2.53. The molecule has 0 spiro atoms. The van der Waals surface area contributed by atoms with E-state index in [1.54, 1.807) is 24.2 Å². The van der Waals surface area contributed by atoms with Gasteiger partial charge in [0.1, 0.15) is 0 Å². The van der Waals surface area contributed by atoms with Crippen LogP contribution < -0.4 is 5.56 Å². The predicted octanol–water partition coefficient (Wildman–Crippen LogP) is 0.855. The maximum Gasteiger partial charge on any atom is 0.305 e. The Bertz CT molecular complexity index is 579. The Morgan fingerprint density at radius 1 is 1.40 bits per heavy atom. The lowest BCUT2D eigenvalue weighted by atomic mass is 9.98. The van der Waals surface area contributed by atoms with Crippen LogP contribution in [0, 0.1) is 0 Å². The molecule has 1 N–H and O–H groups in total. The van der Waals surface area contributed by atoms with E-state index in [0.717, 1.165) is 12.8 Å². The molecule has 0 radical (unpaired) electrons. The number of carbonyl (C=O) groups excluding carboxylic acids is 1. The molecule has 1 amide bonds. The largest absolute Gasteiger partial charge is 0.481 e. The highest BCUT2D eigenvalue weighted by molar-refractivity contribution is 5.94. The van der Waals surface area contributed by atoms with Crippen LogP contribution in [0.1, 0.15) is 36.0 Å². The molecule has 1 atom stereocenters. The van der Waals surface area contributed by atoms with E-state index in [1.807, 2.05) is 0 Å². The maximum absolute atomic E-state index is 12.4. The Hall–Kier alpha value is -2.11. The zero-order valence-corrected chi connectivity index (χ0v) is 11.4. The molecule has 20 heavy (non-hydrogen) atoms. The molecule has 1 aromatic heterocycles. The lowest BCUT2D eigenvalue weighted by molar-refractivity contribution is -0.138. The average Bonchev–Trinajstić information content (AvgIpc) is 2.41. The third-order valence-electron chi connectivity index (χ3n) is 3.65. The van der Waals surface area contributed by atoms with Crippen LogP contribution in [0.15, 0.2) is 23.1 Å². The second kappa shape index (κ2) is 5.90. The summed E-state index contributed by atoms with van der Waals surface area (Å²) in [5.74, 6) is -1.16. The summed E-state index contributed by atoms with van der Waals surface area (Å²) in [5.41, 5.74) is 0.0769. The highest BCUT2D eigenvalue weighted by Crippen LogP contribution is 2.21. The number of piperidine rings is 1. The second-order valence-corrected chi connectivity index (χ2v) is 5.11. The molecule has 6 nitrogen and oxygen atoms in total. The van der Waals surface area contributed by atoms with Crippen molar-refractivity contribution in [2.75, 3.05) is 6.54 Å². The van der Waals surface area contributed by atoms with E-state index in [-0.39, 0.29) is 23.9 Å². The zero-order chi connectivity index (χ0) is 14.7. The molecular weight excluding hydrogens is 260 g/mol. The van der Waals surface area contributed by atoms with E-state index < -0.39 is 5.97 Å². The number of hydrogen-bond donors (Lipinski definition) is 1. The van der Waals surface area contributed by atoms with Gasteiger partial charge in [-0.2, -0.15) is 0 Å². The Labute approximate surface area is 116 Å². The first-order valence-corrected chi connectivity index (χ1v) is 6.68. The lowest BCUT2D eigenvalue weighted by Gasteiger charge is -2.35. The molecular formula is C14H18N2O4. The standard InChI is InChI=1S/C14H18N2O4/c1-15-7-5-10(8-12(15)17)14(20)16-6-3-2-4-11(16)9-13(18)19/h5,7-8,11H,2-4,6,9H2,1H3,(H,18,19). The number of aliphatic carboxylic acids is 1. The number of pyridine rings is 1. The van der Waals surface area contributed by atoms with Gasteiger partial charge in [0.2, 0.25) is 0 Å². The van der Waals surface area contributed by atoms with Crippen LogP contribution in [-0.4, -0.2) is 39.0 Å². The normalized spacial score (nSPS) is 18.9. The van der Waals surface area contributed by atoms with Crippen LogP contribution in [0.4, 0.5) is 0 Å². The van der Waals surface area contributed by atoms with Crippen LogP contribution in [0.25, 0.3) is 0 Å². The number of aromatic nitrogens is 1. The number of carboxylic acid groups (broad SMARTS) is 1. The Kier molecular flexibility index (Phi) is 4.22. The van der Waals surface area contributed by atoms with Crippen molar-refractivity contribution in [3.63, 3.8) is 0 Å². The van der Waals surface area contributed by atoms with E-state index in [1.165, 1.54) is 10.6 Å². The number of amides is 1. The molecule has 0 aromatic carbocycles. The molecule has 1 fully saturated rings. The average molecular weight is 278 g/mol. The van der Waals surface area contributed by atoms with Gasteiger partial charge in [-0.25, -0.2) is 0 Å². The SMILES string of the molecule is Cn1ccc(C(=O)N2CCCCC2CC(=O)O)cc1=O. The van der Waals surface area contributed by atoms with Gasteiger partial charge in [-0.05, 0) is 25.3 Å². The van der Waals surface area contributed by atoms with Crippen LogP contribution >= 0.6 is 0 Å². The van der Waals surface area contributed by atoms with E-state index >= 15 is 0 Å². The Balaban J connectivity index is 2.22. The summed E-state index contributed by atoms with van der Waals surface area (Å²) in [7, 11) is 1.62. The van der Waals surface area contributed by atoms with Gasteiger partial charge in [-0.1, -0.05) is 0 Å². The smallest absolute Gasteiger partial charge is 0.305 e. The first-order valence-electron chi connectivity index (χ1n) is 6.68. The Morgan fingerprint density at radius 3 is 2.80 bits per heavy atom. The number of carboxylic acids is 1. The van der Waals surface area contributed by atoms with Crippen molar-refractivity contribution in [2.24, 2.45) is 7.05 Å². The number of carbonyl (C=O) groups is 2. The fourth-order valence-electron chi connectivity index (χ4n) is 2.53. The van der Waals surface area contributed by atoms with Gasteiger partial charge in [0.15, 0.2) is 0 Å². The molecule has 1 aliphatic rings. The highest BCUT2D eigenvalue weighted by atomic mass is 16.4. The third-order valence-corrected chi connectivity index (χ3v) is 3.65. The van der Waals surface area contributed by atoms with Crippen LogP contribution in [0.3, 0.4) is 0 Å². The molecule has 1 saturated heterocycles. The topological polar surface area (TPSA) is 79.6 Å². The molecule has 1 aliphatic heterocycles. The first kappa shape index (κ1) is 14.3. The van der Waals surface area contributed by atoms with Gasteiger partial charge in [0.05, 0.1) is 6.42 Å². The third kappa shape index (κ3) is 3.07. The number of nitrogens with zero attached hydrogens (tertiary/aromatic N) is 2. The van der Waals surface area contributed by atoms with E-state index in [9.17, 15) is 14.4 Å². The van der Waals surface area contributed by atoms with Crippen molar-refractivity contribution in [1.29, 1.82) is 0 Å². The molecule has 1 aromatic rings. The van der Waals surface area contributed by atoms with Crippen molar-refractivity contribution in [3.8, 4) is 0 Å². The summed E-state index contributed by atoms with van der Waals surface area (Å²) >= 11 is 0. The van der Waals surface area contributed by atoms with Crippen molar-refractivity contribution < 1.29 is 14.7 Å². The molecule has 108 valence electrons. The number of hydrogen-bond acceptors (Lipinski definition) is 3. The molecule has 0 aliphatic carbocycles. The van der Waals surface area contributed by atoms with Crippen LogP contribution in [0.2, 0.25) is 0 Å². The van der Waals surface area contributed by atoms with Gasteiger partial charge in [0.25, 0.3) is 11.5 Å². The molecule has 2 heterocycles. The number of aryl methyl sites for hydroxylation is 1. The molecule has 6 heteroatoms. The second-order valence-electron chi connectivity index (χ2n) is 5.11. The van der Waals surface area contributed by atoms with Crippen molar-refractivity contribution in [1.82, 2.24) is 9.47 Å². The van der Waals surface area contributed by atoms with Crippen molar-refractivity contribution in [3.05, 3.63) is 34.2 Å². The van der Waals surface area contributed by atoms with Crippen molar-refractivity contribution in [2.45, 2.75) is 31.7 Å².